The number of benzene rings is 1. The number of aromatic nitrogens is 3. The van der Waals surface area contributed by atoms with E-state index < -0.39 is 0 Å². The number of anilines is 1. The summed E-state index contributed by atoms with van der Waals surface area (Å²) in [5.74, 6) is 0.387. The fourth-order valence-electron chi connectivity index (χ4n) is 2.88. The molecular weight excluding hydrogens is 340 g/mol. The molecule has 0 spiro atoms. The zero-order valence-corrected chi connectivity index (χ0v) is 15.8. The number of fused-ring (bicyclic) bond motifs is 1. The van der Waals surface area contributed by atoms with Crippen LogP contribution in [0.5, 0.6) is 0 Å². The molecule has 1 amide bonds. The van der Waals surface area contributed by atoms with Gasteiger partial charge in [-0.05, 0) is 45.1 Å². The van der Waals surface area contributed by atoms with Gasteiger partial charge in [-0.3, -0.25) is 4.79 Å². The van der Waals surface area contributed by atoms with Gasteiger partial charge in [0.25, 0.3) is 5.91 Å². The molecule has 3 aromatic rings. The molecular formula is C20H26N6O. The first-order chi connectivity index (χ1) is 13.1. The Morgan fingerprint density at radius 3 is 2.70 bits per heavy atom. The van der Waals surface area contributed by atoms with E-state index in [-0.39, 0.29) is 5.91 Å². The Balaban J connectivity index is 1.45. The van der Waals surface area contributed by atoms with E-state index in [4.69, 9.17) is 0 Å². The summed E-state index contributed by atoms with van der Waals surface area (Å²) < 4.78 is 0. The fraction of sp³-hybridized carbons (Fsp3) is 0.350. The summed E-state index contributed by atoms with van der Waals surface area (Å²) in [4.78, 5) is 25.9. The molecule has 3 rings (SSSR count). The number of hydrogen-bond donors (Lipinski definition) is 3. The number of aromatic amines is 1. The van der Waals surface area contributed by atoms with Crippen LogP contribution < -0.4 is 10.6 Å². The monoisotopic (exact) mass is 366 g/mol. The number of carbonyl (C=O) groups is 1. The summed E-state index contributed by atoms with van der Waals surface area (Å²) in [7, 11) is 4.03. The second kappa shape index (κ2) is 9.14. The molecule has 0 atom stereocenters. The smallest absolute Gasteiger partial charge is 0.254 e. The molecule has 0 aliphatic rings. The van der Waals surface area contributed by atoms with Crippen molar-refractivity contribution in [1.82, 2.24) is 25.2 Å². The molecule has 0 unspecified atom stereocenters. The number of nitrogens with zero attached hydrogens (tertiary/aromatic N) is 3. The number of hydrogen-bond acceptors (Lipinski definition) is 5. The van der Waals surface area contributed by atoms with Gasteiger partial charge in [0.2, 0.25) is 5.95 Å². The van der Waals surface area contributed by atoms with Crippen molar-refractivity contribution < 1.29 is 4.79 Å². The van der Waals surface area contributed by atoms with E-state index in [0.717, 1.165) is 31.4 Å². The Morgan fingerprint density at radius 2 is 1.93 bits per heavy atom. The summed E-state index contributed by atoms with van der Waals surface area (Å²) in [6.07, 6.45) is 6.93. The van der Waals surface area contributed by atoms with Crippen molar-refractivity contribution in [2.45, 2.75) is 12.8 Å². The largest absolute Gasteiger partial charge is 0.361 e. The topological polar surface area (TPSA) is 85.9 Å². The van der Waals surface area contributed by atoms with Gasteiger partial charge in [-0.1, -0.05) is 18.2 Å². The van der Waals surface area contributed by atoms with E-state index in [9.17, 15) is 4.79 Å². The second-order valence-electron chi connectivity index (χ2n) is 6.74. The minimum Gasteiger partial charge on any atom is -0.361 e. The van der Waals surface area contributed by atoms with Crippen LogP contribution in [-0.4, -0.2) is 59.5 Å². The van der Waals surface area contributed by atoms with Crippen LogP contribution >= 0.6 is 0 Å². The number of nitrogens with one attached hydrogen (secondary N) is 3. The third kappa shape index (κ3) is 5.27. The summed E-state index contributed by atoms with van der Waals surface area (Å²) >= 11 is 0. The lowest BCUT2D eigenvalue weighted by Gasteiger charge is -2.10. The normalized spacial score (nSPS) is 11.1. The second-order valence-corrected chi connectivity index (χ2v) is 6.74. The maximum absolute atomic E-state index is 12.1. The molecule has 0 fully saturated rings. The lowest BCUT2D eigenvalue weighted by Crippen LogP contribution is -2.27. The molecule has 0 aliphatic heterocycles. The minimum atomic E-state index is -0.140. The highest BCUT2D eigenvalue weighted by Crippen LogP contribution is 2.17. The summed E-state index contributed by atoms with van der Waals surface area (Å²) in [5.41, 5.74) is 2.87. The van der Waals surface area contributed by atoms with Crippen molar-refractivity contribution in [2.24, 2.45) is 0 Å². The van der Waals surface area contributed by atoms with Crippen molar-refractivity contribution in [3.8, 4) is 0 Å². The molecule has 3 N–H and O–H groups in total. The van der Waals surface area contributed by atoms with Crippen LogP contribution in [0.25, 0.3) is 10.9 Å². The number of H-pyrrole nitrogens is 1. The lowest BCUT2D eigenvalue weighted by molar-refractivity contribution is 0.0951. The van der Waals surface area contributed by atoms with Crippen LogP contribution in [-0.2, 0) is 6.42 Å². The first-order valence-corrected chi connectivity index (χ1v) is 9.17. The van der Waals surface area contributed by atoms with Gasteiger partial charge in [0, 0.05) is 42.6 Å². The van der Waals surface area contributed by atoms with Gasteiger partial charge in [0.1, 0.15) is 0 Å². The Labute approximate surface area is 159 Å². The molecule has 7 nitrogen and oxygen atoms in total. The van der Waals surface area contributed by atoms with Crippen molar-refractivity contribution in [2.75, 3.05) is 39.0 Å². The van der Waals surface area contributed by atoms with Crippen LogP contribution in [0.4, 0.5) is 5.95 Å². The van der Waals surface area contributed by atoms with E-state index in [1.165, 1.54) is 10.9 Å². The first-order valence-electron chi connectivity index (χ1n) is 9.17. The molecule has 2 heterocycles. The first kappa shape index (κ1) is 18.8. The number of carbonyl (C=O) groups excluding carboxylic acids is 1. The number of para-hydroxylation sites is 1. The standard InChI is InChI=1S/C20H26N6O/c1-26(2)11-5-9-21-19(27)16-13-24-20(25-14-16)22-10-8-15-12-23-18-7-4-3-6-17(15)18/h3-4,6-7,12-14,23H,5,8-11H2,1-2H3,(H,21,27)(H,22,24,25). The van der Waals surface area contributed by atoms with E-state index >= 15 is 0 Å². The average Bonchev–Trinajstić information content (AvgIpc) is 3.09. The average molecular weight is 366 g/mol. The molecule has 142 valence electrons. The summed E-state index contributed by atoms with van der Waals surface area (Å²) in [6.45, 7) is 2.30. The van der Waals surface area contributed by atoms with Gasteiger partial charge in [0.05, 0.1) is 5.56 Å². The molecule has 0 saturated heterocycles. The molecule has 0 saturated carbocycles. The number of rotatable bonds is 9. The van der Waals surface area contributed by atoms with Gasteiger partial charge in [-0.2, -0.15) is 0 Å². The van der Waals surface area contributed by atoms with E-state index in [1.807, 2.05) is 32.4 Å². The van der Waals surface area contributed by atoms with Crippen molar-refractivity contribution >= 4 is 22.8 Å². The van der Waals surface area contributed by atoms with Crippen LogP contribution in [0, 0.1) is 0 Å². The van der Waals surface area contributed by atoms with Gasteiger partial charge in [0.15, 0.2) is 0 Å². The van der Waals surface area contributed by atoms with E-state index in [1.54, 1.807) is 12.4 Å². The van der Waals surface area contributed by atoms with Gasteiger partial charge in [-0.25, -0.2) is 9.97 Å². The van der Waals surface area contributed by atoms with Crippen molar-refractivity contribution in [1.29, 1.82) is 0 Å². The third-order valence-electron chi connectivity index (χ3n) is 4.33. The predicted molar refractivity (Wildman–Crippen MR) is 108 cm³/mol. The molecule has 0 radical (unpaired) electrons. The van der Waals surface area contributed by atoms with Crippen LogP contribution in [0.3, 0.4) is 0 Å². The highest BCUT2D eigenvalue weighted by atomic mass is 16.1. The third-order valence-corrected chi connectivity index (χ3v) is 4.33. The van der Waals surface area contributed by atoms with Crippen LogP contribution in [0.2, 0.25) is 0 Å². The van der Waals surface area contributed by atoms with E-state index in [0.29, 0.717) is 18.1 Å². The molecule has 2 aromatic heterocycles. The van der Waals surface area contributed by atoms with Gasteiger partial charge in [-0.15, -0.1) is 0 Å². The molecule has 27 heavy (non-hydrogen) atoms. The van der Waals surface area contributed by atoms with Crippen molar-refractivity contribution in [3.63, 3.8) is 0 Å². The quantitative estimate of drug-likeness (QED) is 0.506. The Kier molecular flexibility index (Phi) is 6.38. The molecule has 0 aliphatic carbocycles. The zero-order chi connectivity index (χ0) is 19.1. The highest BCUT2D eigenvalue weighted by molar-refractivity contribution is 5.93. The summed E-state index contributed by atoms with van der Waals surface area (Å²) in [5, 5.41) is 7.33. The fourth-order valence-corrected chi connectivity index (χ4v) is 2.88. The Morgan fingerprint density at radius 1 is 1.15 bits per heavy atom. The SMILES string of the molecule is CN(C)CCCNC(=O)c1cnc(NCCc2c[nH]c3ccccc23)nc1. The zero-order valence-electron chi connectivity index (χ0n) is 15.8. The summed E-state index contributed by atoms with van der Waals surface area (Å²) in [6, 6.07) is 8.25. The van der Waals surface area contributed by atoms with Crippen LogP contribution in [0.15, 0.2) is 42.9 Å². The maximum atomic E-state index is 12.1. The highest BCUT2D eigenvalue weighted by Gasteiger charge is 2.07. The van der Waals surface area contributed by atoms with E-state index in [2.05, 4.69) is 42.6 Å². The van der Waals surface area contributed by atoms with Crippen LogP contribution in [0.1, 0.15) is 22.3 Å². The number of amides is 1. The minimum absolute atomic E-state index is 0.140. The van der Waals surface area contributed by atoms with Crippen molar-refractivity contribution in [3.05, 3.63) is 54.0 Å². The van der Waals surface area contributed by atoms with Gasteiger partial charge >= 0.3 is 0 Å². The van der Waals surface area contributed by atoms with Gasteiger partial charge < -0.3 is 20.5 Å². The lowest BCUT2D eigenvalue weighted by atomic mass is 10.1. The Bertz CT molecular complexity index is 872. The molecule has 7 heteroatoms. The predicted octanol–water partition coefficient (Wildman–Crippen LogP) is 2.29. The Hall–Kier alpha value is -2.93. The molecule has 0 bridgehead atoms. The maximum Gasteiger partial charge on any atom is 0.254 e. The molecule has 1 aromatic carbocycles.